The molecule has 21 heavy (non-hydrogen) atoms. The summed E-state index contributed by atoms with van der Waals surface area (Å²) in [5.74, 6) is 2.87. The maximum atomic E-state index is 5.96. The van der Waals surface area contributed by atoms with Crippen LogP contribution in [0.5, 0.6) is 11.6 Å². The van der Waals surface area contributed by atoms with Crippen LogP contribution in [0.25, 0.3) is 0 Å². The number of rotatable bonds is 5. The smallest absolute Gasteiger partial charge is 0.227 e. The van der Waals surface area contributed by atoms with Crippen LogP contribution < -0.4 is 10.1 Å². The molecular formula is C16H20BrN3O. The standard InChI is InChI=1S/C16H20BrN3O/c1-5-8-18-15-11(3)16(20-12(4)19-15)21-14-7-6-10(2)9-13(14)17/h6-7,9H,5,8H2,1-4H3,(H,18,19,20). The third-order valence-corrected chi connectivity index (χ3v) is 3.67. The van der Waals surface area contributed by atoms with Gasteiger partial charge >= 0.3 is 0 Å². The van der Waals surface area contributed by atoms with Crippen molar-refractivity contribution in [2.24, 2.45) is 0 Å². The molecule has 1 aromatic heterocycles. The highest BCUT2D eigenvalue weighted by atomic mass is 79.9. The Morgan fingerprint density at radius 2 is 1.95 bits per heavy atom. The average molecular weight is 350 g/mol. The van der Waals surface area contributed by atoms with Crippen LogP contribution in [0.3, 0.4) is 0 Å². The van der Waals surface area contributed by atoms with E-state index in [4.69, 9.17) is 4.74 Å². The molecule has 1 heterocycles. The highest BCUT2D eigenvalue weighted by molar-refractivity contribution is 9.10. The first-order chi connectivity index (χ1) is 10.0. The minimum Gasteiger partial charge on any atom is -0.437 e. The van der Waals surface area contributed by atoms with Crippen LogP contribution in [-0.4, -0.2) is 16.5 Å². The average Bonchev–Trinajstić information content (AvgIpc) is 2.43. The number of nitrogens with zero attached hydrogens (tertiary/aromatic N) is 2. The van der Waals surface area contributed by atoms with Gasteiger partial charge in [-0.1, -0.05) is 13.0 Å². The maximum absolute atomic E-state index is 5.96. The Morgan fingerprint density at radius 3 is 2.62 bits per heavy atom. The molecule has 1 N–H and O–H groups in total. The van der Waals surface area contributed by atoms with Crippen molar-refractivity contribution in [2.75, 3.05) is 11.9 Å². The van der Waals surface area contributed by atoms with Crippen molar-refractivity contribution >= 4 is 21.7 Å². The second-order valence-corrected chi connectivity index (χ2v) is 5.87. The van der Waals surface area contributed by atoms with Gasteiger partial charge in [-0.05, 0) is 60.8 Å². The molecule has 0 fully saturated rings. The molecule has 0 saturated carbocycles. The van der Waals surface area contributed by atoms with E-state index in [1.807, 2.05) is 39.0 Å². The first-order valence-corrected chi connectivity index (χ1v) is 7.83. The van der Waals surface area contributed by atoms with Crippen molar-refractivity contribution in [2.45, 2.75) is 34.1 Å². The zero-order chi connectivity index (χ0) is 15.4. The van der Waals surface area contributed by atoms with Crippen LogP contribution in [0.1, 0.15) is 30.3 Å². The summed E-state index contributed by atoms with van der Waals surface area (Å²) in [5.41, 5.74) is 2.09. The summed E-state index contributed by atoms with van der Waals surface area (Å²) in [5, 5.41) is 3.31. The zero-order valence-corrected chi connectivity index (χ0v) is 14.4. The number of nitrogens with one attached hydrogen (secondary N) is 1. The van der Waals surface area contributed by atoms with Gasteiger partial charge in [0.2, 0.25) is 5.88 Å². The Morgan fingerprint density at radius 1 is 1.19 bits per heavy atom. The van der Waals surface area contributed by atoms with Crippen molar-refractivity contribution in [3.8, 4) is 11.6 Å². The lowest BCUT2D eigenvalue weighted by Gasteiger charge is -2.14. The first kappa shape index (κ1) is 15.8. The van der Waals surface area contributed by atoms with Crippen molar-refractivity contribution in [3.63, 3.8) is 0 Å². The summed E-state index contributed by atoms with van der Waals surface area (Å²) in [4.78, 5) is 8.84. The second-order valence-electron chi connectivity index (χ2n) is 5.01. The summed E-state index contributed by atoms with van der Waals surface area (Å²) in [7, 11) is 0. The highest BCUT2D eigenvalue weighted by Crippen LogP contribution is 2.32. The summed E-state index contributed by atoms with van der Waals surface area (Å²) in [6.45, 7) is 8.88. The van der Waals surface area contributed by atoms with E-state index in [-0.39, 0.29) is 0 Å². The fourth-order valence-electron chi connectivity index (χ4n) is 1.91. The van der Waals surface area contributed by atoms with Crippen LogP contribution >= 0.6 is 15.9 Å². The number of halogens is 1. The van der Waals surface area contributed by atoms with Gasteiger partial charge in [0.25, 0.3) is 0 Å². The summed E-state index contributed by atoms with van der Waals surface area (Å²) < 4.78 is 6.88. The predicted molar refractivity (Wildman–Crippen MR) is 89.2 cm³/mol. The minimum atomic E-state index is 0.589. The number of aryl methyl sites for hydroxylation is 2. The Bertz CT molecular complexity index is 644. The largest absolute Gasteiger partial charge is 0.437 e. The van der Waals surface area contributed by atoms with Crippen LogP contribution in [0.4, 0.5) is 5.82 Å². The fraction of sp³-hybridized carbons (Fsp3) is 0.375. The Balaban J connectivity index is 2.32. The molecule has 0 aliphatic rings. The molecule has 2 rings (SSSR count). The van der Waals surface area contributed by atoms with E-state index >= 15 is 0 Å². The van der Waals surface area contributed by atoms with Crippen molar-refractivity contribution in [1.82, 2.24) is 9.97 Å². The van der Waals surface area contributed by atoms with Crippen LogP contribution in [-0.2, 0) is 0 Å². The molecule has 1 aromatic carbocycles. The lowest BCUT2D eigenvalue weighted by molar-refractivity contribution is 0.453. The number of hydrogen-bond acceptors (Lipinski definition) is 4. The molecule has 0 bridgehead atoms. The van der Waals surface area contributed by atoms with E-state index in [1.54, 1.807) is 0 Å². The van der Waals surface area contributed by atoms with E-state index in [2.05, 4.69) is 38.1 Å². The van der Waals surface area contributed by atoms with Gasteiger partial charge in [0.1, 0.15) is 17.4 Å². The molecule has 4 nitrogen and oxygen atoms in total. The van der Waals surface area contributed by atoms with E-state index in [0.717, 1.165) is 34.6 Å². The number of hydrogen-bond donors (Lipinski definition) is 1. The molecule has 0 aliphatic heterocycles. The van der Waals surface area contributed by atoms with E-state index < -0.39 is 0 Å². The van der Waals surface area contributed by atoms with Gasteiger partial charge in [-0.2, -0.15) is 4.98 Å². The molecule has 0 radical (unpaired) electrons. The Kier molecular flexibility index (Phi) is 5.17. The number of ether oxygens (including phenoxy) is 1. The number of benzene rings is 1. The van der Waals surface area contributed by atoms with Gasteiger partial charge < -0.3 is 10.1 Å². The Labute approximate surface area is 134 Å². The van der Waals surface area contributed by atoms with Gasteiger partial charge in [0.05, 0.1) is 10.0 Å². The predicted octanol–water partition coefficient (Wildman–Crippen LogP) is 4.78. The monoisotopic (exact) mass is 349 g/mol. The quantitative estimate of drug-likeness (QED) is 0.843. The van der Waals surface area contributed by atoms with Crippen LogP contribution in [0.2, 0.25) is 0 Å². The first-order valence-electron chi connectivity index (χ1n) is 7.04. The molecule has 0 saturated heterocycles. The third kappa shape index (κ3) is 3.94. The minimum absolute atomic E-state index is 0.589. The van der Waals surface area contributed by atoms with E-state index in [0.29, 0.717) is 11.7 Å². The summed E-state index contributed by atoms with van der Waals surface area (Å²) in [6, 6.07) is 5.98. The third-order valence-electron chi connectivity index (χ3n) is 3.05. The molecule has 0 aliphatic carbocycles. The zero-order valence-electron chi connectivity index (χ0n) is 12.8. The maximum Gasteiger partial charge on any atom is 0.227 e. The van der Waals surface area contributed by atoms with Crippen molar-refractivity contribution < 1.29 is 4.74 Å². The van der Waals surface area contributed by atoms with Gasteiger partial charge in [-0.3, -0.25) is 0 Å². The van der Waals surface area contributed by atoms with Gasteiger partial charge in [0.15, 0.2) is 0 Å². The summed E-state index contributed by atoms with van der Waals surface area (Å²) in [6.07, 6.45) is 1.04. The molecule has 112 valence electrons. The fourth-order valence-corrected chi connectivity index (χ4v) is 2.48. The molecule has 2 aromatic rings. The van der Waals surface area contributed by atoms with Crippen LogP contribution in [0.15, 0.2) is 22.7 Å². The Hall–Kier alpha value is -1.62. The van der Waals surface area contributed by atoms with Gasteiger partial charge in [0, 0.05) is 6.54 Å². The number of anilines is 1. The molecule has 0 atom stereocenters. The van der Waals surface area contributed by atoms with Gasteiger partial charge in [-0.15, -0.1) is 0 Å². The molecular weight excluding hydrogens is 330 g/mol. The van der Waals surface area contributed by atoms with E-state index in [1.165, 1.54) is 5.56 Å². The lowest BCUT2D eigenvalue weighted by atomic mass is 10.2. The molecule has 0 spiro atoms. The van der Waals surface area contributed by atoms with Crippen molar-refractivity contribution in [3.05, 3.63) is 39.6 Å². The second kappa shape index (κ2) is 6.89. The SMILES string of the molecule is CCCNc1nc(C)nc(Oc2ccc(C)cc2Br)c1C. The van der Waals surface area contributed by atoms with Crippen molar-refractivity contribution in [1.29, 1.82) is 0 Å². The lowest BCUT2D eigenvalue weighted by Crippen LogP contribution is -2.07. The highest BCUT2D eigenvalue weighted by Gasteiger charge is 2.12. The van der Waals surface area contributed by atoms with Gasteiger partial charge in [-0.25, -0.2) is 4.98 Å². The molecule has 0 amide bonds. The molecule has 0 unspecified atom stereocenters. The normalized spacial score (nSPS) is 10.5. The summed E-state index contributed by atoms with van der Waals surface area (Å²) >= 11 is 3.52. The molecule has 5 heteroatoms. The van der Waals surface area contributed by atoms with E-state index in [9.17, 15) is 0 Å². The number of aromatic nitrogens is 2. The topological polar surface area (TPSA) is 47.0 Å². The van der Waals surface area contributed by atoms with Crippen LogP contribution in [0, 0.1) is 20.8 Å².